The number of thiazole rings is 1. The minimum atomic E-state index is -0.296. The molecule has 1 aliphatic heterocycles. The average molecular weight is 566 g/mol. The Morgan fingerprint density at radius 1 is 1.18 bits per heavy atom. The van der Waals surface area contributed by atoms with Crippen molar-refractivity contribution in [3.8, 4) is 11.4 Å². The SMILES string of the molecule is CCC.COCC(NC(=O)c1ccn(C)c1)C(Nc1nc(-c2cccc(C3(C)CCOCC3)n2)cs1)=C1CCC1. The summed E-state index contributed by atoms with van der Waals surface area (Å²) in [7, 11) is 3.56. The van der Waals surface area contributed by atoms with Gasteiger partial charge in [-0.3, -0.25) is 9.78 Å². The number of nitrogens with zero attached hydrogens (tertiary/aromatic N) is 3. The molecule has 40 heavy (non-hydrogen) atoms. The number of carbonyl (C=O) groups excluding carboxylic acids is 1. The van der Waals surface area contributed by atoms with Crippen molar-refractivity contribution in [3.05, 3.63) is 64.6 Å². The van der Waals surface area contributed by atoms with Gasteiger partial charge in [-0.15, -0.1) is 11.3 Å². The number of ether oxygens (including phenoxy) is 2. The van der Waals surface area contributed by atoms with Gasteiger partial charge in [0.1, 0.15) is 5.69 Å². The lowest BCUT2D eigenvalue weighted by Crippen LogP contribution is -2.42. The first-order valence-electron chi connectivity index (χ1n) is 14.3. The molecule has 1 saturated heterocycles. The smallest absolute Gasteiger partial charge is 0.253 e. The Morgan fingerprint density at radius 3 is 2.55 bits per heavy atom. The van der Waals surface area contributed by atoms with E-state index in [-0.39, 0.29) is 17.4 Å². The molecule has 5 rings (SSSR count). The summed E-state index contributed by atoms with van der Waals surface area (Å²) in [5.74, 6) is -0.121. The molecule has 0 spiro atoms. The van der Waals surface area contributed by atoms with E-state index in [1.54, 1.807) is 18.4 Å². The third-order valence-electron chi connectivity index (χ3n) is 7.39. The highest BCUT2D eigenvalue weighted by atomic mass is 32.1. The summed E-state index contributed by atoms with van der Waals surface area (Å²) in [6, 6.07) is 7.72. The maximum absolute atomic E-state index is 12.9. The van der Waals surface area contributed by atoms with Gasteiger partial charge < -0.3 is 24.7 Å². The third-order valence-corrected chi connectivity index (χ3v) is 8.15. The number of amides is 1. The Morgan fingerprint density at radius 2 is 1.93 bits per heavy atom. The zero-order valence-electron chi connectivity index (χ0n) is 24.5. The Kier molecular flexibility index (Phi) is 10.5. The van der Waals surface area contributed by atoms with Gasteiger partial charge in [0.15, 0.2) is 5.13 Å². The highest BCUT2D eigenvalue weighted by molar-refractivity contribution is 7.14. The van der Waals surface area contributed by atoms with Crippen LogP contribution in [0.5, 0.6) is 0 Å². The molecule has 2 aliphatic rings. The summed E-state index contributed by atoms with van der Waals surface area (Å²) in [4.78, 5) is 22.8. The zero-order chi connectivity index (χ0) is 28.5. The normalized spacial score (nSPS) is 16.8. The molecule has 1 unspecified atom stereocenters. The van der Waals surface area contributed by atoms with Crippen LogP contribution < -0.4 is 10.6 Å². The van der Waals surface area contributed by atoms with Crippen LogP contribution in [0.2, 0.25) is 0 Å². The number of aromatic nitrogens is 3. The first-order chi connectivity index (χ1) is 19.4. The topological polar surface area (TPSA) is 90.3 Å². The number of nitrogens with one attached hydrogen (secondary N) is 2. The van der Waals surface area contributed by atoms with E-state index in [4.69, 9.17) is 19.4 Å². The average Bonchev–Trinajstić information content (AvgIpc) is 3.57. The van der Waals surface area contributed by atoms with E-state index in [2.05, 4.69) is 43.5 Å². The van der Waals surface area contributed by atoms with Crippen LogP contribution in [0.4, 0.5) is 5.13 Å². The molecule has 8 nitrogen and oxygen atoms in total. The van der Waals surface area contributed by atoms with Crippen LogP contribution in [-0.2, 0) is 21.9 Å². The maximum Gasteiger partial charge on any atom is 0.253 e. The number of anilines is 1. The van der Waals surface area contributed by atoms with Gasteiger partial charge in [0.25, 0.3) is 5.91 Å². The molecule has 1 atom stereocenters. The van der Waals surface area contributed by atoms with Crippen LogP contribution in [-0.4, -0.2) is 53.4 Å². The summed E-state index contributed by atoms with van der Waals surface area (Å²) >= 11 is 1.55. The predicted molar refractivity (Wildman–Crippen MR) is 162 cm³/mol. The number of hydrogen-bond acceptors (Lipinski definition) is 7. The van der Waals surface area contributed by atoms with Gasteiger partial charge in [0.05, 0.1) is 23.9 Å². The fraction of sp³-hybridized carbons (Fsp3) is 0.516. The molecule has 216 valence electrons. The number of rotatable bonds is 9. The summed E-state index contributed by atoms with van der Waals surface area (Å²) in [6.07, 6.45) is 10.0. The second kappa shape index (κ2) is 14.1. The maximum atomic E-state index is 12.9. The number of pyridine rings is 1. The van der Waals surface area contributed by atoms with Crippen molar-refractivity contribution in [1.82, 2.24) is 19.9 Å². The van der Waals surface area contributed by atoms with E-state index in [9.17, 15) is 4.79 Å². The molecular weight excluding hydrogens is 522 g/mol. The van der Waals surface area contributed by atoms with Gasteiger partial charge >= 0.3 is 0 Å². The summed E-state index contributed by atoms with van der Waals surface area (Å²) < 4.78 is 12.9. The predicted octanol–water partition coefficient (Wildman–Crippen LogP) is 6.32. The zero-order valence-corrected chi connectivity index (χ0v) is 25.3. The van der Waals surface area contributed by atoms with Gasteiger partial charge in [-0.25, -0.2) is 4.98 Å². The molecule has 1 aliphatic carbocycles. The fourth-order valence-corrected chi connectivity index (χ4v) is 5.56. The molecule has 1 saturated carbocycles. The third kappa shape index (κ3) is 7.38. The molecule has 3 aromatic heterocycles. The number of carbonyl (C=O) groups is 1. The molecular formula is C31H43N5O3S. The van der Waals surface area contributed by atoms with Crippen LogP contribution in [0, 0.1) is 0 Å². The lowest BCUT2D eigenvalue weighted by Gasteiger charge is -2.33. The molecule has 0 aromatic carbocycles. The second-order valence-electron chi connectivity index (χ2n) is 10.9. The number of hydrogen-bond donors (Lipinski definition) is 2. The van der Waals surface area contributed by atoms with Gasteiger partial charge in [-0.1, -0.05) is 33.3 Å². The van der Waals surface area contributed by atoms with Crippen LogP contribution in [0.15, 0.2) is 53.3 Å². The van der Waals surface area contributed by atoms with Crippen LogP contribution in [0.3, 0.4) is 0 Å². The highest BCUT2D eigenvalue weighted by Gasteiger charge is 2.31. The molecule has 1 amide bonds. The van der Waals surface area contributed by atoms with Crippen LogP contribution in [0.1, 0.15) is 75.3 Å². The Balaban J connectivity index is 0.00000118. The number of methoxy groups -OCH3 is 1. The van der Waals surface area contributed by atoms with Crippen molar-refractivity contribution >= 4 is 22.4 Å². The number of allylic oxidation sites excluding steroid dienone is 1. The van der Waals surface area contributed by atoms with E-state index in [1.807, 2.05) is 41.5 Å². The highest BCUT2D eigenvalue weighted by Crippen LogP contribution is 2.35. The summed E-state index contributed by atoms with van der Waals surface area (Å²) in [6.45, 7) is 8.43. The van der Waals surface area contributed by atoms with Crippen molar-refractivity contribution in [1.29, 1.82) is 0 Å². The van der Waals surface area contributed by atoms with E-state index in [1.165, 1.54) is 12.0 Å². The van der Waals surface area contributed by atoms with Crippen molar-refractivity contribution in [2.75, 3.05) is 32.2 Å². The largest absolute Gasteiger partial charge is 0.382 e. The van der Waals surface area contributed by atoms with Crippen molar-refractivity contribution in [3.63, 3.8) is 0 Å². The van der Waals surface area contributed by atoms with E-state index in [0.29, 0.717) is 12.2 Å². The minimum Gasteiger partial charge on any atom is -0.382 e. The number of aryl methyl sites for hydroxylation is 1. The molecule has 0 bridgehead atoms. The molecule has 2 fully saturated rings. The lowest BCUT2D eigenvalue weighted by molar-refractivity contribution is 0.0551. The first kappa shape index (κ1) is 30.0. The Hall–Kier alpha value is -3.01. The van der Waals surface area contributed by atoms with Gasteiger partial charge in [0, 0.05) is 62.0 Å². The molecule has 9 heteroatoms. The van der Waals surface area contributed by atoms with Gasteiger partial charge in [-0.2, -0.15) is 0 Å². The van der Waals surface area contributed by atoms with Crippen molar-refractivity contribution in [2.24, 2.45) is 7.05 Å². The summed E-state index contributed by atoms with van der Waals surface area (Å²) in [5.41, 5.74) is 5.75. The van der Waals surface area contributed by atoms with Crippen LogP contribution >= 0.6 is 11.3 Å². The van der Waals surface area contributed by atoms with E-state index < -0.39 is 0 Å². The van der Waals surface area contributed by atoms with Crippen LogP contribution in [0.25, 0.3) is 11.4 Å². The van der Waals surface area contributed by atoms with Gasteiger partial charge in [-0.05, 0) is 55.9 Å². The van der Waals surface area contributed by atoms with Gasteiger partial charge in [0.2, 0.25) is 0 Å². The molecule has 0 radical (unpaired) electrons. The van der Waals surface area contributed by atoms with E-state index in [0.717, 1.165) is 73.2 Å². The standard InChI is InChI=1S/C28H35N5O3S.C3H8/c1-28(11-14-36-15-12-28)24-9-5-8-21(29-24)23-18-37-27(31-23)32-25(19-6-4-7-19)22(17-35-3)30-26(34)20-10-13-33(2)16-20;1-3-2/h5,8-10,13,16,18,22H,4,6-7,11-12,14-15,17H2,1-3H3,(H,30,34)(H,31,32);3H2,1-2H3. The molecule has 4 heterocycles. The summed E-state index contributed by atoms with van der Waals surface area (Å²) in [5, 5.41) is 9.53. The Bertz CT molecular complexity index is 1290. The molecule has 2 N–H and O–H groups in total. The van der Waals surface area contributed by atoms with Crippen molar-refractivity contribution in [2.45, 2.75) is 70.8 Å². The fourth-order valence-electron chi connectivity index (χ4n) is 4.84. The first-order valence-corrected chi connectivity index (χ1v) is 15.2. The monoisotopic (exact) mass is 565 g/mol. The van der Waals surface area contributed by atoms with E-state index >= 15 is 0 Å². The Labute approximate surface area is 242 Å². The minimum absolute atomic E-state index is 0.0253. The van der Waals surface area contributed by atoms with Crippen molar-refractivity contribution < 1.29 is 14.3 Å². The lowest BCUT2D eigenvalue weighted by atomic mass is 9.79. The molecule has 3 aromatic rings. The quantitative estimate of drug-likeness (QED) is 0.315. The second-order valence-corrected chi connectivity index (χ2v) is 11.7.